The lowest BCUT2D eigenvalue weighted by molar-refractivity contribution is 0.408. The molecule has 19 heavy (non-hydrogen) atoms. The number of rotatable bonds is 5. The average molecular weight is 258 g/mol. The molecular formula is C16H22N2O. The van der Waals surface area contributed by atoms with E-state index in [0.717, 1.165) is 18.7 Å². The smallest absolute Gasteiger partial charge is 0.123 e. The number of nitrogens with two attached hydrogens (primary N) is 1. The van der Waals surface area contributed by atoms with Gasteiger partial charge in [-0.25, -0.2) is 0 Å². The summed E-state index contributed by atoms with van der Waals surface area (Å²) < 4.78 is 7.59. The van der Waals surface area contributed by atoms with Crippen molar-refractivity contribution in [1.82, 2.24) is 4.57 Å². The standard InChI is InChI=1S/C16H22N2O/c1-12-4-5-16(19-3)15(8-12)11-18-7-6-14(10-18)9-13(2)17/h4-8,10,13H,9,11,17H2,1-3H3. The summed E-state index contributed by atoms with van der Waals surface area (Å²) in [5.41, 5.74) is 9.55. The van der Waals surface area contributed by atoms with Crippen LogP contribution < -0.4 is 10.5 Å². The molecule has 3 heteroatoms. The van der Waals surface area contributed by atoms with Crippen molar-refractivity contribution in [3.05, 3.63) is 53.3 Å². The first-order valence-corrected chi connectivity index (χ1v) is 6.62. The Morgan fingerprint density at radius 2 is 2.11 bits per heavy atom. The molecule has 102 valence electrons. The second-order valence-corrected chi connectivity index (χ2v) is 5.19. The molecule has 1 heterocycles. The normalized spacial score (nSPS) is 12.4. The highest BCUT2D eigenvalue weighted by Crippen LogP contribution is 2.21. The van der Waals surface area contributed by atoms with Gasteiger partial charge in [-0.3, -0.25) is 0 Å². The lowest BCUT2D eigenvalue weighted by Crippen LogP contribution is -2.17. The molecule has 0 aliphatic heterocycles. The molecule has 0 saturated heterocycles. The van der Waals surface area contributed by atoms with Crippen LogP contribution in [0.2, 0.25) is 0 Å². The molecule has 1 aromatic carbocycles. The highest BCUT2D eigenvalue weighted by Gasteiger charge is 2.05. The van der Waals surface area contributed by atoms with Crippen molar-refractivity contribution in [3.63, 3.8) is 0 Å². The van der Waals surface area contributed by atoms with Crippen LogP contribution in [0.1, 0.15) is 23.6 Å². The predicted molar refractivity (Wildman–Crippen MR) is 78.6 cm³/mol. The summed E-state index contributed by atoms with van der Waals surface area (Å²) in [6, 6.07) is 8.59. The third-order valence-corrected chi connectivity index (χ3v) is 3.16. The van der Waals surface area contributed by atoms with Gasteiger partial charge in [-0.15, -0.1) is 0 Å². The summed E-state index contributed by atoms with van der Waals surface area (Å²) in [6.07, 6.45) is 5.17. The third-order valence-electron chi connectivity index (χ3n) is 3.16. The van der Waals surface area contributed by atoms with Crippen LogP contribution in [-0.2, 0) is 13.0 Å². The van der Waals surface area contributed by atoms with Gasteiger partial charge in [-0.1, -0.05) is 17.7 Å². The van der Waals surface area contributed by atoms with E-state index >= 15 is 0 Å². The van der Waals surface area contributed by atoms with E-state index in [1.54, 1.807) is 7.11 Å². The van der Waals surface area contributed by atoms with Crippen molar-refractivity contribution < 1.29 is 4.74 Å². The van der Waals surface area contributed by atoms with E-state index in [4.69, 9.17) is 10.5 Å². The first kappa shape index (κ1) is 13.7. The Labute approximate surface area is 115 Å². The van der Waals surface area contributed by atoms with E-state index in [1.165, 1.54) is 16.7 Å². The zero-order chi connectivity index (χ0) is 13.8. The Morgan fingerprint density at radius 3 is 2.79 bits per heavy atom. The van der Waals surface area contributed by atoms with Crippen LogP contribution in [0, 0.1) is 6.92 Å². The molecule has 0 saturated carbocycles. The van der Waals surface area contributed by atoms with Gasteiger partial charge in [0, 0.05) is 24.0 Å². The number of methoxy groups -OCH3 is 1. The first-order chi connectivity index (χ1) is 9.08. The summed E-state index contributed by atoms with van der Waals surface area (Å²) >= 11 is 0. The molecule has 0 radical (unpaired) electrons. The van der Waals surface area contributed by atoms with Crippen LogP contribution in [-0.4, -0.2) is 17.7 Å². The SMILES string of the molecule is COc1ccc(C)cc1Cn1ccc(CC(C)N)c1. The van der Waals surface area contributed by atoms with Gasteiger partial charge >= 0.3 is 0 Å². The molecule has 1 atom stereocenters. The summed E-state index contributed by atoms with van der Waals surface area (Å²) in [5, 5.41) is 0. The highest BCUT2D eigenvalue weighted by atomic mass is 16.5. The molecule has 0 spiro atoms. The molecule has 2 aromatic rings. The number of hydrogen-bond acceptors (Lipinski definition) is 2. The van der Waals surface area contributed by atoms with E-state index in [0.29, 0.717) is 0 Å². The van der Waals surface area contributed by atoms with Gasteiger partial charge in [0.05, 0.1) is 13.7 Å². The Balaban J connectivity index is 2.16. The van der Waals surface area contributed by atoms with Gasteiger partial charge in [-0.2, -0.15) is 0 Å². The van der Waals surface area contributed by atoms with Gasteiger partial charge in [0.25, 0.3) is 0 Å². The second kappa shape index (κ2) is 5.93. The van der Waals surface area contributed by atoms with Crippen LogP contribution in [0.25, 0.3) is 0 Å². The molecule has 0 amide bonds. The van der Waals surface area contributed by atoms with Crippen molar-refractivity contribution in [2.75, 3.05) is 7.11 Å². The minimum Gasteiger partial charge on any atom is -0.496 e. The third kappa shape index (κ3) is 3.61. The molecule has 1 unspecified atom stereocenters. The maximum Gasteiger partial charge on any atom is 0.123 e. The Morgan fingerprint density at radius 1 is 1.32 bits per heavy atom. The van der Waals surface area contributed by atoms with Gasteiger partial charge in [0.1, 0.15) is 5.75 Å². The van der Waals surface area contributed by atoms with Gasteiger partial charge in [-0.05, 0) is 38.0 Å². The van der Waals surface area contributed by atoms with Crippen LogP contribution in [0.15, 0.2) is 36.7 Å². The fraction of sp³-hybridized carbons (Fsp3) is 0.375. The van der Waals surface area contributed by atoms with Crippen LogP contribution in [0.4, 0.5) is 0 Å². The summed E-state index contributed by atoms with van der Waals surface area (Å²) in [5.74, 6) is 0.938. The molecule has 2 rings (SSSR count). The Bertz CT molecular complexity index is 543. The molecule has 2 N–H and O–H groups in total. The quantitative estimate of drug-likeness (QED) is 0.895. The number of ether oxygens (including phenoxy) is 1. The van der Waals surface area contributed by atoms with Gasteiger partial charge in [0.15, 0.2) is 0 Å². The monoisotopic (exact) mass is 258 g/mol. The fourth-order valence-electron chi connectivity index (χ4n) is 2.31. The summed E-state index contributed by atoms with van der Waals surface area (Å²) in [4.78, 5) is 0. The van der Waals surface area contributed by atoms with Gasteiger partial charge < -0.3 is 15.0 Å². The van der Waals surface area contributed by atoms with Crippen molar-refractivity contribution in [3.8, 4) is 5.75 Å². The minimum atomic E-state index is 0.198. The van der Waals surface area contributed by atoms with Gasteiger partial charge in [0.2, 0.25) is 0 Å². The van der Waals surface area contributed by atoms with E-state index in [9.17, 15) is 0 Å². The Kier molecular flexibility index (Phi) is 4.27. The molecule has 0 bridgehead atoms. The molecule has 0 aliphatic carbocycles. The molecule has 3 nitrogen and oxygen atoms in total. The number of nitrogens with zero attached hydrogens (tertiary/aromatic N) is 1. The van der Waals surface area contributed by atoms with Crippen LogP contribution in [0.5, 0.6) is 5.75 Å². The lowest BCUT2D eigenvalue weighted by Gasteiger charge is -2.10. The summed E-state index contributed by atoms with van der Waals surface area (Å²) in [7, 11) is 1.71. The number of aryl methyl sites for hydroxylation is 1. The maximum atomic E-state index is 5.82. The van der Waals surface area contributed by atoms with Crippen LogP contribution in [0.3, 0.4) is 0 Å². The lowest BCUT2D eigenvalue weighted by atomic mass is 10.1. The number of hydrogen-bond donors (Lipinski definition) is 1. The largest absolute Gasteiger partial charge is 0.496 e. The topological polar surface area (TPSA) is 40.2 Å². The molecule has 1 aromatic heterocycles. The minimum absolute atomic E-state index is 0.198. The van der Waals surface area contributed by atoms with Crippen molar-refractivity contribution in [2.45, 2.75) is 32.9 Å². The zero-order valence-corrected chi connectivity index (χ0v) is 11.9. The van der Waals surface area contributed by atoms with Crippen molar-refractivity contribution in [2.24, 2.45) is 5.73 Å². The highest BCUT2D eigenvalue weighted by molar-refractivity contribution is 5.37. The van der Waals surface area contributed by atoms with Crippen molar-refractivity contribution >= 4 is 0 Å². The second-order valence-electron chi connectivity index (χ2n) is 5.19. The molecule has 0 fully saturated rings. The predicted octanol–water partition coefficient (Wildman–Crippen LogP) is 2.74. The average Bonchev–Trinajstić information content (AvgIpc) is 2.76. The van der Waals surface area contributed by atoms with E-state index in [1.807, 2.05) is 13.0 Å². The maximum absolute atomic E-state index is 5.82. The number of aromatic nitrogens is 1. The molecule has 0 aliphatic rings. The van der Waals surface area contributed by atoms with Crippen molar-refractivity contribution in [1.29, 1.82) is 0 Å². The number of benzene rings is 1. The molecular weight excluding hydrogens is 236 g/mol. The van der Waals surface area contributed by atoms with E-state index < -0.39 is 0 Å². The Hall–Kier alpha value is -1.74. The van der Waals surface area contributed by atoms with E-state index in [-0.39, 0.29) is 6.04 Å². The zero-order valence-electron chi connectivity index (χ0n) is 11.9. The summed E-state index contributed by atoms with van der Waals surface area (Å²) in [6.45, 7) is 4.95. The first-order valence-electron chi connectivity index (χ1n) is 6.62. The fourth-order valence-corrected chi connectivity index (χ4v) is 2.31. The van der Waals surface area contributed by atoms with E-state index in [2.05, 4.69) is 42.1 Å². The van der Waals surface area contributed by atoms with Crippen LogP contribution >= 0.6 is 0 Å².